The summed E-state index contributed by atoms with van der Waals surface area (Å²) in [6.45, 7) is 13.3. The van der Waals surface area contributed by atoms with Crippen molar-refractivity contribution in [3.05, 3.63) is 125 Å². The summed E-state index contributed by atoms with van der Waals surface area (Å²) in [5.74, 6) is 0.540. The number of esters is 1. The monoisotopic (exact) mass is 779 g/mol. The molecule has 5 aliphatic heterocycles. The van der Waals surface area contributed by atoms with Gasteiger partial charge in [0.2, 0.25) is 0 Å². The number of halogens is 1. The molecule has 5 heterocycles. The Morgan fingerprint density at radius 3 is 2.60 bits per heavy atom. The van der Waals surface area contributed by atoms with Gasteiger partial charge in [0.1, 0.15) is 5.76 Å². The summed E-state index contributed by atoms with van der Waals surface area (Å²) in [4.78, 5) is 28.0. The molecule has 2 N–H and O–H groups in total. The topological polar surface area (TPSA) is 105 Å². The van der Waals surface area contributed by atoms with Gasteiger partial charge in [-0.15, -0.1) is 0 Å². The maximum atomic E-state index is 12.3. The van der Waals surface area contributed by atoms with E-state index in [2.05, 4.69) is 98.1 Å². The van der Waals surface area contributed by atoms with Gasteiger partial charge in [0.25, 0.3) is 0 Å². The minimum Gasteiger partial charge on any atom is -0.511 e. The molecule has 3 atom stereocenters. The normalized spacial score (nSPS) is 23.3. The van der Waals surface area contributed by atoms with Crippen LogP contribution in [0.1, 0.15) is 72.8 Å². The highest BCUT2D eigenvalue weighted by Gasteiger charge is 2.39. The second-order valence-electron chi connectivity index (χ2n) is 13.7. The third-order valence-corrected chi connectivity index (χ3v) is 11.4. The van der Waals surface area contributed by atoms with Crippen molar-refractivity contribution in [1.29, 1.82) is 0 Å². The molecule has 1 saturated heterocycles. The molecule has 6 aliphatic rings. The number of methoxy groups -OCH3 is 1. The number of aliphatic hydroxyl groups excluding tert-OH is 1. The molecule has 8 bridgehead atoms. The molecular formula is C41H43IN4O4. The van der Waals surface area contributed by atoms with Gasteiger partial charge in [0, 0.05) is 56.4 Å². The lowest BCUT2D eigenvalue weighted by Gasteiger charge is -2.17. The third-order valence-electron chi connectivity index (χ3n) is 10.8. The molecule has 0 radical (unpaired) electrons. The van der Waals surface area contributed by atoms with Crippen molar-refractivity contribution >= 4 is 45.7 Å². The van der Waals surface area contributed by atoms with Crippen LogP contribution in [0.2, 0.25) is 0 Å². The largest absolute Gasteiger partial charge is 0.511 e. The van der Waals surface area contributed by atoms with Gasteiger partial charge in [-0.1, -0.05) is 26.0 Å². The fourth-order valence-electron chi connectivity index (χ4n) is 7.91. The highest BCUT2D eigenvalue weighted by molar-refractivity contribution is 14.1. The molecule has 0 spiro atoms. The van der Waals surface area contributed by atoms with E-state index in [0.717, 1.165) is 96.6 Å². The number of aliphatic imine (C=N–C) groups is 3. The molecule has 9 heteroatoms. The number of nitrogens with one attached hydrogen (secondary N) is 1. The average molecular weight is 780 g/mol. The first-order chi connectivity index (χ1) is 24.0. The van der Waals surface area contributed by atoms with Gasteiger partial charge in [-0.25, -0.2) is 15.0 Å². The zero-order valence-electron chi connectivity index (χ0n) is 29.7. The zero-order valence-corrected chi connectivity index (χ0v) is 31.9. The van der Waals surface area contributed by atoms with Crippen molar-refractivity contribution in [3.63, 3.8) is 0 Å². The summed E-state index contributed by atoms with van der Waals surface area (Å²) in [5.41, 5.74) is 14.9. The summed E-state index contributed by atoms with van der Waals surface area (Å²) in [6.07, 6.45) is 8.18. The van der Waals surface area contributed by atoms with Crippen LogP contribution in [0, 0.1) is 15.4 Å². The Labute approximate surface area is 307 Å². The lowest BCUT2D eigenvalue weighted by atomic mass is 9.89. The highest BCUT2D eigenvalue weighted by Crippen LogP contribution is 2.46. The lowest BCUT2D eigenvalue weighted by molar-refractivity contribution is -0.140. The number of nitrogens with zero attached hydrogens (tertiary/aromatic N) is 3. The third kappa shape index (κ3) is 6.02. The van der Waals surface area contributed by atoms with E-state index in [4.69, 9.17) is 24.5 Å². The Bertz CT molecular complexity index is 2080. The molecular weight excluding hydrogens is 736 g/mol. The van der Waals surface area contributed by atoms with Gasteiger partial charge >= 0.3 is 5.97 Å². The van der Waals surface area contributed by atoms with Crippen LogP contribution in [0.5, 0.6) is 0 Å². The van der Waals surface area contributed by atoms with Gasteiger partial charge in [-0.2, -0.15) is 0 Å². The number of ether oxygens (including phenoxy) is 2. The van der Waals surface area contributed by atoms with Crippen molar-refractivity contribution in [2.24, 2.45) is 26.8 Å². The van der Waals surface area contributed by atoms with Crippen molar-refractivity contribution in [3.8, 4) is 0 Å². The molecule has 1 unspecified atom stereocenters. The van der Waals surface area contributed by atoms with Crippen LogP contribution >= 0.6 is 22.6 Å². The first kappa shape index (κ1) is 34.4. The maximum Gasteiger partial charge on any atom is 0.305 e. The van der Waals surface area contributed by atoms with E-state index in [1.54, 1.807) is 0 Å². The van der Waals surface area contributed by atoms with E-state index < -0.39 is 0 Å². The number of allylic oxidation sites excluding steroid dienone is 11. The second kappa shape index (κ2) is 13.6. The molecule has 258 valence electrons. The predicted octanol–water partition coefficient (Wildman–Crippen LogP) is 8.82. The second-order valence-corrected chi connectivity index (χ2v) is 15.0. The predicted molar refractivity (Wildman–Crippen MR) is 207 cm³/mol. The Morgan fingerprint density at radius 1 is 1.06 bits per heavy atom. The first-order valence-electron chi connectivity index (χ1n) is 17.4. The number of hydrogen-bond donors (Lipinski definition) is 2. The number of benzene rings is 1. The minimum atomic E-state index is -0.277. The van der Waals surface area contributed by atoms with Crippen LogP contribution in [0.3, 0.4) is 0 Å². The van der Waals surface area contributed by atoms with Gasteiger partial charge in [0.15, 0.2) is 0 Å². The zero-order chi connectivity index (χ0) is 35.4. The van der Waals surface area contributed by atoms with E-state index in [1.165, 1.54) is 10.7 Å². The number of aliphatic hydroxyl groups is 1. The van der Waals surface area contributed by atoms with E-state index in [-0.39, 0.29) is 30.3 Å². The maximum absolute atomic E-state index is 12.3. The van der Waals surface area contributed by atoms with E-state index in [0.29, 0.717) is 25.2 Å². The summed E-state index contributed by atoms with van der Waals surface area (Å²) in [5, 5.41) is 15.1. The number of hydrogen-bond acceptors (Lipinski definition) is 8. The van der Waals surface area contributed by atoms with Crippen LogP contribution in [-0.4, -0.2) is 41.4 Å². The van der Waals surface area contributed by atoms with Crippen molar-refractivity contribution in [2.45, 2.75) is 79.9 Å². The summed E-state index contributed by atoms with van der Waals surface area (Å²) >= 11 is 2.33. The van der Waals surface area contributed by atoms with Gasteiger partial charge < -0.3 is 19.9 Å². The van der Waals surface area contributed by atoms with Crippen LogP contribution in [0.15, 0.2) is 131 Å². The molecule has 1 aromatic carbocycles. The van der Waals surface area contributed by atoms with Gasteiger partial charge in [-0.05, 0) is 121 Å². The number of fused-ring (bicyclic) bond motifs is 5. The lowest BCUT2D eigenvalue weighted by Crippen LogP contribution is -2.18. The average Bonchev–Trinajstić information content (AvgIpc) is 3.85. The van der Waals surface area contributed by atoms with Crippen molar-refractivity contribution in [1.82, 2.24) is 5.32 Å². The molecule has 0 saturated carbocycles. The summed E-state index contributed by atoms with van der Waals surface area (Å²) < 4.78 is 12.7. The summed E-state index contributed by atoms with van der Waals surface area (Å²) in [7, 11) is 1.41. The fourth-order valence-corrected chi connectivity index (χ4v) is 8.52. The van der Waals surface area contributed by atoms with Crippen LogP contribution in [0.4, 0.5) is 0 Å². The number of rotatable bonds is 8. The molecule has 50 heavy (non-hydrogen) atoms. The number of carbonyl (C=O) groups is 1. The molecule has 7 rings (SSSR count). The molecule has 1 aliphatic carbocycles. The fraction of sp³-hybridized carbons (Fsp3) is 0.366. The Balaban J connectivity index is 1.39. The van der Waals surface area contributed by atoms with E-state index in [9.17, 15) is 9.90 Å². The SMILES string of the molecule is CC[C@H]1C2=CC3=C(C)C4=C(O)CC(=C5N=C(C=C6N=C(C=C(N2)[C@@H]1C)C(C(C)OCc1cccc([124I])c1)=C6C)C(C)=C5CCC(=O)OC)C4=N3. The van der Waals surface area contributed by atoms with Crippen LogP contribution < -0.4 is 5.32 Å². The minimum absolute atomic E-state index is 0.217. The van der Waals surface area contributed by atoms with Crippen LogP contribution in [-0.2, 0) is 20.9 Å². The smallest absolute Gasteiger partial charge is 0.305 e. The van der Waals surface area contributed by atoms with E-state index >= 15 is 0 Å². The Hall–Kier alpha value is -4.09. The van der Waals surface area contributed by atoms with Gasteiger partial charge in [-0.3, -0.25) is 4.79 Å². The quantitative estimate of drug-likeness (QED) is 0.203. The van der Waals surface area contributed by atoms with Crippen molar-refractivity contribution in [2.75, 3.05) is 7.11 Å². The molecule has 1 fully saturated rings. The first-order valence-corrected chi connectivity index (χ1v) is 18.5. The van der Waals surface area contributed by atoms with Crippen LogP contribution in [0.25, 0.3) is 0 Å². The standard InChI is InChI=1S/C41H43IN4O4/c1-8-27-20(2)30-18-35-38(24(6)50-19-25-10-9-11-26(42)14-25)22(4)32(44-35)16-31-21(3)28(12-13-37(48)49-7)40(45-31)29-15-36(47)39-23(5)33(46-41(29)39)17-34(27)43-30/h9-11,14,16-18,20,24,27,43,47H,8,12-13,15,19H2,1-7H3/t20-,24?,27-/m1/s1/i42-3. The highest BCUT2D eigenvalue weighted by atomic mass is 124. The molecule has 1 aromatic rings. The van der Waals surface area contributed by atoms with E-state index in [1.807, 2.05) is 13.8 Å². The summed E-state index contributed by atoms with van der Waals surface area (Å²) in [6, 6.07) is 8.38. The molecule has 8 nitrogen and oxygen atoms in total. The Kier molecular flexibility index (Phi) is 9.32. The Morgan fingerprint density at radius 2 is 1.86 bits per heavy atom. The number of carbonyl (C=O) groups excluding carboxylic acids is 1. The molecule has 0 aromatic heterocycles. The van der Waals surface area contributed by atoms with Crippen molar-refractivity contribution < 1.29 is 19.4 Å². The molecule has 0 amide bonds. The van der Waals surface area contributed by atoms with Gasteiger partial charge in [0.05, 0.1) is 54.0 Å².